The smallest absolute Gasteiger partial charge is 0.247 e. The van der Waals surface area contributed by atoms with Gasteiger partial charge in [0, 0.05) is 53.7 Å². The summed E-state index contributed by atoms with van der Waals surface area (Å²) in [4.78, 5) is 29.6. The highest BCUT2D eigenvalue weighted by atomic mass is 19.1. The van der Waals surface area contributed by atoms with Gasteiger partial charge in [0.15, 0.2) is 0 Å². The van der Waals surface area contributed by atoms with Crippen molar-refractivity contribution < 1.29 is 9.18 Å². The summed E-state index contributed by atoms with van der Waals surface area (Å²) in [5.74, 6) is -0.316. The highest BCUT2D eigenvalue weighted by molar-refractivity contribution is 6.02. The number of pyridine rings is 1. The molecule has 0 saturated carbocycles. The van der Waals surface area contributed by atoms with Gasteiger partial charge in [-0.15, -0.1) is 0 Å². The van der Waals surface area contributed by atoms with Crippen molar-refractivity contribution in [1.29, 1.82) is 0 Å². The van der Waals surface area contributed by atoms with Crippen molar-refractivity contribution in [3.05, 3.63) is 79.5 Å². The molecule has 1 fully saturated rings. The molecular weight excluding hydrogens is 457 g/mol. The van der Waals surface area contributed by atoms with Crippen molar-refractivity contribution in [3.63, 3.8) is 0 Å². The number of fused-ring (bicyclic) bond motifs is 1. The molecule has 1 amide bonds. The predicted octanol–water partition coefficient (Wildman–Crippen LogP) is 4.45. The number of carbonyl (C=O) groups excluding carboxylic acids is 1. The Labute approximate surface area is 208 Å². The van der Waals surface area contributed by atoms with Gasteiger partial charge in [-0.05, 0) is 44.4 Å². The van der Waals surface area contributed by atoms with Crippen molar-refractivity contribution in [1.82, 2.24) is 19.9 Å². The molecule has 0 atom stereocenters. The summed E-state index contributed by atoms with van der Waals surface area (Å²) in [7, 11) is 4.13. The number of nitrogens with one attached hydrogen (secondary N) is 2. The average molecular weight is 484 g/mol. The zero-order valence-corrected chi connectivity index (χ0v) is 20.1. The first-order valence-corrected chi connectivity index (χ1v) is 11.5. The maximum absolute atomic E-state index is 13.8. The second-order valence-corrected chi connectivity index (χ2v) is 8.90. The van der Waals surface area contributed by atoms with Crippen LogP contribution in [-0.2, 0) is 4.79 Å². The van der Waals surface area contributed by atoms with Gasteiger partial charge in [-0.25, -0.2) is 14.4 Å². The largest absolute Gasteiger partial charge is 0.367 e. The molecule has 1 aliphatic heterocycles. The number of benzene rings is 2. The maximum Gasteiger partial charge on any atom is 0.247 e. The van der Waals surface area contributed by atoms with Crippen LogP contribution in [0, 0.1) is 5.82 Å². The van der Waals surface area contributed by atoms with Crippen LogP contribution in [-0.4, -0.2) is 59.0 Å². The van der Waals surface area contributed by atoms with Gasteiger partial charge in [0.25, 0.3) is 0 Å². The normalized spacial score (nSPS) is 13.5. The topological polar surface area (TPSA) is 86.3 Å². The van der Waals surface area contributed by atoms with E-state index in [1.54, 1.807) is 12.4 Å². The number of anilines is 4. The van der Waals surface area contributed by atoms with Crippen LogP contribution < -0.4 is 15.5 Å². The number of hydrogen-bond acceptors (Lipinski definition) is 7. The van der Waals surface area contributed by atoms with Crippen LogP contribution in [0.15, 0.2) is 73.7 Å². The second-order valence-electron chi connectivity index (χ2n) is 8.90. The summed E-state index contributed by atoms with van der Waals surface area (Å²) < 4.78 is 13.8. The first-order chi connectivity index (χ1) is 17.4. The Bertz CT molecular complexity index is 1450. The minimum atomic E-state index is -0.412. The summed E-state index contributed by atoms with van der Waals surface area (Å²) >= 11 is 0. The SMILES string of the molecule is C=CC(=O)Nc1cc(Nc2ncc3cccc(-c4cncc(F)c4)c3n2)ccc1N1CC(N(C)C)C1. The van der Waals surface area contributed by atoms with E-state index in [-0.39, 0.29) is 5.91 Å². The fraction of sp³-hybridized carbons (Fsp3) is 0.185. The van der Waals surface area contributed by atoms with Crippen LogP contribution in [0.4, 0.5) is 27.4 Å². The minimum absolute atomic E-state index is 0.284. The first-order valence-electron chi connectivity index (χ1n) is 11.5. The van der Waals surface area contributed by atoms with E-state index in [2.05, 4.69) is 51.1 Å². The number of amides is 1. The number of likely N-dealkylation sites (N-methyl/N-ethyl adjacent to an activating group) is 1. The predicted molar refractivity (Wildman–Crippen MR) is 141 cm³/mol. The summed E-state index contributed by atoms with van der Waals surface area (Å²) in [6.45, 7) is 5.32. The molecule has 1 aliphatic rings. The van der Waals surface area contributed by atoms with Crippen LogP contribution in [0.3, 0.4) is 0 Å². The van der Waals surface area contributed by atoms with Crippen LogP contribution in [0.1, 0.15) is 0 Å². The van der Waals surface area contributed by atoms with E-state index in [0.29, 0.717) is 34.4 Å². The highest BCUT2D eigenvalue weighted by Crippen LogP contribution is 2.34. The molecule has 3 heterocycles. The van der Waals surface area contributed by atoms with Gasteiger partial charge in [-0.1, -0.05) is 24.8 Å². The van der Waals surface area contributed by atoms with E-state index in [4.69, 9.17) is 4.98 Å². The molecule has 0 unspecified atom stereocenters. The van der Waals surface area contributed by atoms with E-state index in [1.165, 1.54) is 18.3 Å². The van der Waals surface area contributed by atoms with Crippen molar-refractivity contribution in [2.75, 3.05) is 42.7 Å². The number of rotatable bonds is 7. The second kappa shape index (κ2) is 9.71. The molecule has 8 nitrogen and oxygen atoms in total. The Balaban J connectivity index is 1.46. The lowest BCUT2D eigenvalue weighted by Gasteiger charge is -2.45. The van der Waals surface area contributed by atoms with Crippen LogP contribution in [0.5, 0.6) is 0 Å². The minimum Gasteiger partial charge on any atom is -0.367 e. The van der Waals surface area contributed by atoms with Crippen molar-refractivity contribution >= 4 is 39.8 Å². The molecule has 36 heavy (non-hydrogen) atoms. The Morgan fingerprint density at radius 2 is 2.00 bits per heavy atom. The van der Waals surface area contributed by atoms with Crippen LogP contribution in [0.2, 0.25) is 0 Å². The number of aromatic nitrogens is 3. The van der Waals surface area contributed by atoms with E-state index >= 15 is 0 Å². The summed E-state index contributed by atoms with van der Waals surface area (Å²) in [6.07, 6.45) is 5.75. The Kier molecular flexibility index (Phi) is 6.30. The molecule has 9 heteroatoms. The molecule has 0 spiro atoms. The van der Waals surface area contributed by atoms with Gasteiger partial charge >= 0.3 is 0 Å². The standard InChI is InChI=1S/C27H26FN7O/c1-4-25(36)32-23-11-20(8-9-24(23)35-15-21(16-35)34(2)3)31-27-30-13-17-6-5-7-22(26(17)33-27)18-10-19(28)14-29-12-18/h4-14,21H,1,15-16H2,2-3H3,(H,32,36)(H,30,31,33). The van der Waals surface area contributed by atoms with Gasteiger partial charge in [-0.2, -0.15) is 0 Å². The molecule has 4 aromatic rings. The molecular formula is C27H26FN7O. The lowest BCUT2D eigenvalue weighted by atomic mass is 10.0. The van der Waals surface area contributed by atoms with Gasteiger partial charge in [-0.3, -0.25) is 9.78 Å². The lowest BCUT2D eigenvalue weighted by molar-refractivity contribution is -0.111. The summed E-state index contributed by atoms with van der Waals surface area (Å²) in [6, 6.07) is 13.3. The van der Waals surface area contributed by atoms with Crippen molar-refractivity contribution in [3.8, 4) is 11.1 Å². The fourth-order valence-corrected chi connectivity index (χ4v) is 4.19. The van der Waals surface area contributed by atoms with Gasteiger partial charge in [0.1, 0.15) is 5.82 Å². The van der Waals surface area contributed by atoms with E-state index in [9.17, 15) is 9.18 Å². The van der Waals surface area contributed by atoms with Gasteiger partial charge in [0.05, 0.1) is 23.1 Å². The average Bonchev–Trinajstić information content (AvgIpc) is 2.83. The number of carbonyl (C=O) groups is 1. The van der Waals surface area contributed by atoms with E-state index in [0.717, 1.165) is 29.7 Å². The molecule has 0 bridgehead atoms. The van der Waals surface area contributed by atoms with Gasteiger partial charge in [0.2, 0.25) is 11.9 Å². The number of hydrogen-bond donors (Lipinski definition) is 2. The third-order valence-corrected chi connectivity index (χ3v) is 6.26. The maximum atomic E-state index is 13.8. The quantitative estimate of drug-likeness (QED) is 0.376. The van der Waals surface area contributed by atoms with Crippen molar-refractivity contribution in [2.45, 2.75) is 6.04 Å². The third-order valence-electron chi connectivity index (χ3n) is 6.26. The third kappa shape index (κ3) is 4.73. The summed E-state index contributed by atoms with van der Waals surface area (Å²) in [5.41, 5.74) is 4.40. The fourth-order valence-electron chi connectivity index (χ4n) is 4.19. The van der Waals surface area contributed by atoms with Crippen molar-refractivity contribution in [2.24, 2.45) is 0 Å². The van der Waals surface area contributed by atoms with Crippen LogP contribution >= 0.6 is 0 Å². The zero-order chi connectivity index (χ0) is 25.2. The monoisotopic (exact) mass is 483 g/mol. The molecule has 2 N–H and O–H groups in total. The number of halogens is 1. The number of para-hydroxylation sites is 1. The summed E-state index contributed by atoms with van der Waals surface area (Å²) in [5, 5.41) is 6.96. The Hall–Kier alpha value is -4.37. The molecule has 2 aromatic carbocycles. The Morgan fingerprint density at radius 1 is 1.17 bits per heavy atom. The first kappa shape index (κ1) is 23.4. The molecule has 182 valence electrons. The molecule has 0 radical (unpaired) electrons. The zero-order valence-electron chi connectivity index (χ0n) is 20.1. The molecule has 1 saturated heterocycles. The van der Waals surface area contributed by atoms with E-state index < -0.39 is 5.82 Å². The lowest BCUT2D eigenvalue weighted by Crippen LogP contribution is -2.57. The highest BCUT2D eigenvalue weighted by Gasteiger charge is 2.30. The van der Waals surface area contributed by atoms with Gasteiger partial charge < -0.3 is 20.4 Å². The Morgan fingerprint density at radius 3 is 2.75 bits per heavy atom. The molecule has 0 aliphatic carbocycles. The number of nitrogens with zero attached hydrogens (tertiary/aromatic N) is 5. The van der Waals surface area contributed by atoms with E-state index in [1.807, 2.05) is 36.4 Å². The van der Waals surface area contributed by atoms with Crippen LogP contribution in [0.25, 0.3) is 22.0 Å². The molecule has 2 aromatic heterocycles. The molecule has 5 rings (SSSR count).